The molecule has 0 N–H and O–H groups in total. The van der Waals surface area contributed by atoms with Gasteiger partial charge in [-0.25, -0.2) is 0 Å². The molecule has 0 spiro atoms. The van der Waals surface area contributed by atoms with Crippen molar-refractivity contribution in [2.24, 2.45) is 0 Å². The average molecular weight is 257 g/mol. The zero-order chi connectivity index (χ0) is 13.0. The molecule has 0 aromatic heterocycles. The molecule has 1 aromatic rings. The molecule has 92 valence electrons. The summed E-state index contributed by atoms with van der Waals surface area (Å²) in [6, 6.07) is 4.61. The lowest BCUT2D eigenvalue weighted by Crippen LogP contribution is -2.14. The number of hydrogen-bond donors (Lipinski definition) is 0. The van der Waals surface area contributed by atoms with Gasteiger partial charge in [-0.1, -0.05) is 0 Å². The molecule has 0 bridgehead atoms. The molecule has 1 unspecified atom stereocenters. The van der Waals surface area contributed by atoms with Gasteiger partial charge in [-0.15, -0.1) is 11.6 Å². The minimum absolute atomic E-state index is 0.191. The van der Waals surface area contributed by atoms with Crippen LogP contribution in [0.1, 0.15) is 24.2 Å². The van der Waals surface area contributed by atoms with E-state index in [1.165, 1.54) is 26.2 Å². The zero-order valence-electron chi connectivity index (χ0n) is 9.82. The van der Waals surface area contributed by atoms with E-state index in [0.717, 1.165) is 0 Å². The van der Waals surface area contributed by atoms with E-state index in [1.807, 2.05) is 0 Å². The van der Waals surface area contributed by atoms with Gasteiger partial charge in [-0.05, 0) is 25.1 Å². The van der Waals surface area contributed by atoms with E-state index in [-0.39, 0.29) is 17.1 Å². The van der Waals surface area contributed by atoms with Crippen molar-refractivity contribution in [3.63, 3.8) is 0 Å². The van der Waals surface area contributed by atoms with E-state index in [2.05, 4.69) is 0 Å². The standard InChI is InChI=1S/C12H13ClO4/c1-7(13)12(15)10-6-9(16-3)4-5-11(10)17-8(2)14/h4-7H,1-3H3. The van der Waals surface area contributed by atoms with E-state index in [0.29, 0.717) is 5.75 Å². The Morgan fingerprint density at radius 3 is 2.47 bits per heavy atom. The molecule has 0 fully saturated rings. The fourth-order valence-electron chi connectivity index (χ4n) is 1.29. The second-order valence-electron chi connectivity index (χ2n) is 3.44. The molecule has 4 nitrogen and oxygen atoms in total. The van der Waals surface area contributed by atoms with Crippen LogP contribution >= 0.6 is 11.6 Å². The van der Waals surface area contributed by atoms with Crippen LogP contribution in [0.2, 0.25) is 0 Å². The molecule has 0 aliphatic rings. The summed E-state index contributed by atoms with van der Waals surface area (Å²) in [6.07, 6.45) is 0. The number of carbonyl (C=O) groups excluding carboxylic acids is 2. The van der Waals surface area contributed by atoms with Gasteiger partial charge < -0.3 is 9.47 Å². The van der Waals surface area contributed by atoms with E-state index in [4.69, 9.17) is 21.1 Å². The van der Waals surface area contributed by atoms with Gasteiger partial charge in [0.05, 0.1) is 18.1 Å². The number of methoxy groups -OCH3 is 1. The van der Waals surface area contributed by atoms with Gasteiger partial charge in [0.15, 0.2) is 5.78 Å². The van der Waals surface area contributed by atoms with Crippen LogP contribution in [-0.2, 0) is 4.79 Å². The minimum Gasteiger partial charge on any atom is -0.497 e. The summed E-state index contributed by atoms with van der Waals surface area (Å²) < 4.78 is 9.95. The highest BCUT2D eigenvalue weighted by Crippen LogP contribution is 2.26. The molecule has 0 aliphatic heterocycles. The normalized spacial score (nSPS) is 11.8. The third-order valence-corrected chi connectivity index (χ3v) is 2.27. The number of carbonyl (C=O) groups is 2. The topological polar surface area (TPSA) is 52.6 Å². The highest BCUT2D eigenvalue weighted by molar-refractivity contribution is 6.34. The first-order valence-corrected chi connectivity index (χ1v) is 5.44. The maximum absolute atomic E-state index is 11.8. The van der Waals surface area contributed by atoms with E-state index in [1.54, 1.807) is 13.0 Å². The van der Waals surface area contributed by atoms with Gasteiger partial charge in [0.1, 0.15) is 11.5 Å². The molecule has 0 amide bonds. The summed E-state index contributed by atoms with van der Waals surface area (Å²) in [5.74, 6) is -0.120. The second kappa shape index (κ2) is 5.68. The van der Waals surface area contributed by atoms with Gasteiger partial charge >= 0.3 is 5.97 Å². The fraction of sp³-hybridized carbons (Fsp3) is 0.333. The van der Waals surface area contributed by atoms with Gasteiger partial charge in [0.25, 0.3) is 0 Å². The minimum atomic E-state index is -0.698. The predicted octanol–water partition coefficient (Wildman–Crippen LogP) is 2.43. The Morgan fingerprint density at radius 2 is 2.00 bits per heavy atom. The fourth-order valence-corrected chi connectivity index (χ4v) is 1.40. The quantitative estimate of drug-likeness (QED) is 0.359. The summed E-state index contributed by atoms with van der Waals surface area (Å²) in [5, 5.41) is -0.698. The number of benzene rings is 1. The summed E-state index contributed by atoms with van der Waals surface area (Å²) in [7, 11) is 1.49. The molecule has 0 aliphatic carbocycles. The Morgan fingerprint density at radius 1 is 1.35 bits per heavy atom. The molecular weight excluding hydrogens is 244 g/mol. The number of halogens is 1. The Hall–Kier alpha value is -1.55. The van der Waals surface area contributed by atoms with Crippen molar-refractivity contribution >= 4 is 23.4 Å². The van der Waals surface area contributed by atoms with Gasteiger partial charge in [0, 0.05) is 6.92 Å². The molecule has 0 radical (unpaired) electrons. The lowest BCUT2D eigenvalue weighted by atomic mass is 10.1. The van der Waals surface area contributed by atoms with Crippen molar-refractivity contribution in [2.75, 3.05) is 7.11 Å². The Kier molecular flexibility index (Phi) is 4.52. The van der Waals surface area contributed by atoms with Crippen LogP contribution in [0.4, 0.5) is 0 Å². The molecule has 0 heterocycles. The molecular formula is C12H13ClO4. The third-order valence-electron chi connectivity index (χ3n) is 2.07. The number of hydrogen-bond acceptors (Lipinski definition) is 4. The van der Waals surface area contributed by atoms with Crippen molar-refractivity contribution in [1.82, 2.24) is 0 Å². The van der Waals surface area contributed by atoms with Crippen LogP contribution in [-0.4, -0.2) is 24.2 Å². The first-order valence-electron chi connectivity index (χ1n) is 5.00. The van der Waals surface area contributed by atoms with Crippen molar-refractivity contribution < 1.29 is 19.1 Å². The van der Waals surface area contributed by atoms with Gasteiger partial charge in [0.2, 0.25) is 0 Å². The zero-order valence-corrected chi connectivity index (χ0v) is 10.6. The Labute approximate surface area is 104 Å². The average Bonchev–Trinajstić information content (AvgIpc) is 2.27. The largest absolute Gasteiger partial charge is 0.497 e. The SMILES string of the molecule is COc1ccc(OC(C)=O)c(C(=O)C(C)Cl)c1. The monoisotopic (exact) mass is 256 g/mol. The van der Waals surface area contributed by atoms with Crippen LogP contribution < -0.4 is 9.47 Å². The molecule has 0 saturated carbocycles. The smallest absolute Gasteiger partial charge is 0.308 e. The number of Topliss-reactive ketones (excluding diaryl/α,β-unsaturated/α-hetero) is 1. The lowest BCUT2D eigenvalue weighted by Gasteiger charge is -2.10. The van der Waals surface area contributed by atoms with Crippen LogP contribution in [0, 0.1) is 0 Å². The van der Waals surface area contributed by atoms with Crippen molar-refractivity contribution in [1.29, 1.82) is 0 Å². The van der Waals surface area contributed by atoms with Crippen molar-refractivity contribution in [3.05, 3.63) is 23.8 Å². The van der Waals surface area contributed by atoms with Gasteiger partial charge in [-0.2, -0.15) is 0 Å². The molecule has 17 heavy (non-hydrogen) atoms. The summed E-state index contributed by atoms with van der Waals surface area (Å²) >= 11 is 5.74. The summed E-state index contributed by atoms with van der Waals surface area (Å²) in [6.45, 7) is 2.82. The number of alkyl halides is 1. The van der Waals surface area contributed by atoms with Crippen molar-refractivity contribution in [2.45, 2.75) is 19.2 Å². The summed E-state index contributed by atoms with van der Waals surface area (Å²) in [5.41, 5.74) is 0.238. The Balaban J connectivity index is 3.20. The number of esters is 1. The van der Waals surface area contributed by atoms with Crippen LogP contribution in [0.5, 0.6) is 11.5 Å². The lowest BCUT2D eigenvalue weighted by molar-refractivity contribution is -0.131. The van der Waals surface area contributed by atoms with Gasteiger partial charge in [-0.3, -0.25) is 9.59 Å². The molecule has 0 saturated heterocycles. The maximum Gasteiger partial charge on any atom is 0.308 e. The molecule has 1 atom stereocenters. The van der Waals surface area contributed by atoms with Crippen LogP contribution in [0.25, 0.3) is 0 Å². The number of ketones is 1. The first-order chi connectivity index (χ1) is 7.95. The first kappa shape index (κ1) is 13.5. The highest BCUT2D eigenvalue weighted by atomic mass is 35.5. The number of rotatable bonds is 4. The van der Waals surface area contributed by atoms with E-state index in [9.17, 15) is 9.59 Å². The third kappa shape index (κ3) is 3.46. The van der Waals surface area contributed by atoms with Crippen molar-refractivity contribution in [3.8, 4) is 11.5 Å². The van der Waals surface area contributed by atoms with E-state index >= 15 is 0 Å². The Bertz CT molecular complexity index is 440. The molecule has 5 heteroatoms. The second-order valence-corrected chi connectivity index (χ2v) is 4.09. The maximum atomic E-state index is 11.8. The van der Waals surface area contributed by atoms with E-state index < -0.39 is 11.3 Å². The van der Waals surface area contributed by atoms with Crippen LogP contribution in [0.15, 0.2) is 18.2 Å². The predicted molar refractivity (Wildman–Crippen MR) is 63.9 cm³/mol. The molecule has 1 rings (SSSR count). The van der Waals surface area contributed by atoms with Crippen LogP contribution in [0.3, 0.4) is 0 Å². The summed E-state index contributed by atoms with van der Waals surface area (Å²) in [4.78, 5) is 22.8. The highest BCUT2D eigenvalue weighted by Gasteiger charge is 2.19. The number of ether oxygens (including phenoxy) is 2. The molecule has 1 aromatic carbocycles.